The van der Waals surface area contributed by atoms with Crippen LogP contribution in [0.15, 0.2) is 30.6 Å². The Morgan fingerprint density at radius 1 is 1.30 bits per heavy atom. The summed E-state index contributed by atoms with van der Waals surface area (Å²) in [4.78, 5) is 31.5. The van der Waals surface area contributed by atoms with Gasteiger partial charge in [0, 0.05) is 32.9 Å². The van der Waals surface area contributed by atoms with E-state index in [0.717, 1.165) is 5.69 Å². The molecule has 1 aliphatic heterocycles. The molecule has 27 heavy (non-hydrogen) atoms. The first-order valence-corrected chi connectivity index (χ1v) is 8.81. The maximum Gasteiger partial charge on any atom is 0.321 e. The monoisotopic (exact) mass is 372 g/mol. The van der Waals surface area contributed by atoms with Gasteiger partial charge in [-0.1, -0.05) is 13.0 Å². The Labute approximate surface area is 157 Å². The Morgan fingerprint density at radius 3 is 2.74 bits per heavy atom. The number of nitrogens with zero attached hydrogens (tertiary/aromatic N) is 5. The molecule has 3 rings (SSSR count). The Morgan fingerprint density at radius 2 is 2.07 bits per heavy atom. The van der Waals surface area contributed by atoms with Crippen molar-refractivity contribution in [1.29, 1.82) is 0 Å². The zero-order valence-corrected chi connectivity index (χ0v) is 15.7. The molecule has 1 aromatic carbocycles. The third-order valence-corrected chi connectivity index (χ3v) is 4.54. The zero-order chi connectivity index (χ0) is 19.6. The van der Waals surface area contributed by atoms with Gasteiger partial charge < -0.3 is 20.2 Å². The topological polar surface area (TPSA) is 104 Å². The number of hydrogen-bond acceptors (Lipinski definition) is 5. The molecule has 9 nitrogen and oxygen atoms in total. The largest absolute Gasteiger partial charge is 0.481 e. The maximum atomic E-state index is 12.6. The van der Waals surface area contributed by atoms with Crippen LogP contribution < -0.4 is 10.2 Å². The van der Waals surface area contributed by atoms with Gasteiger partial charge in [0.05, 0.1) is 11.6 Å². The average molecular weight is 372 g/mol. The van der Waals surface area contributed by atoms with E-state index in [1.807, 2.05) is 33.2 Å². The molecule has 2 N–H and O–H groups in total. The third-order valence-electron chi connectivity index (χ3n) is 4.54. The summed E-state index contributed by atoms with van der Waals surface area (Å²) in [5.74, 6) is -0.641. The molecule has 1 aromatic heterocycles. The van der Waals surface area contributed by atoms with Gasteiger partial charge >= 0.3 is 12.0 Å². The minimum absolute atomic E-state index is 0.150. The van der Waals surface area contributed by atoms with Crippen LogP contribution in [0.3, 0.4) is 0 Å². The van der Waals surface area contributed by atoms with Crippen molar-refractivity contribution in [3.8, 4) is 5.69 Å². The lowest BCUT2D eigenvalue weighted by Crippen LogP contribution is -2.47. The van der Waals surface area contributed by atoms with E-state index in [0.29, 0.717) is 24.6 Å². The van der Waals surface area contributed by atoms with Crippen molar-refractivity contribution in [2.75, 3.05) is 37.4 Å². The van der Waals surface area contributed by atoms with Crippen LogP contribution >= 0.6 is 0 Å². The number of benzene rings is 1. The second kappa shape index (κ2) is 7.65. The molecule has 2 aromatic rings. The summed E-state index contributed by atoms with van der Waals surface area (Å²) in [6.07, 6.45) is 2.20. The fourth-order valence-electron chi connectivity index (χ4n) is 3.21. The number of aliphatic carboxylic acids is 1. The number of likely N-dealkylation sites (tertiary alicyclic amines) is 1. The van der Waals surface area contributed by atoms with Crippen molar-refractivity contribution in [3.05, 3.63) is 30.6 Å². The van der Waals surface area contributed by atoms with Crippen LogP contribution in [0, 0.1) is 11.8 Å². The van der Waals surface area contributed by atoms with Crippen LogP contribution in [0.2, 0.25) is 0 Å². The van der Waals surface area contributed by atoms with E-state index >= 15 is 0 Å². The van der Waals surface area contributed by atoms with Crippen molar-refractivity contribution < 1.29 is 14.7 Å². The average Bonchev–Trinajstić information content (AvgIpc) is 3.12. The molecule has 0 radical (unpaired) electrons. The first-order chi connectivity index (χ1) is 12.8. The molecule has 0 aliphatic carbocycles. The molecule has 2 unspecified atom stereocenters. The number of carboxylic acid groups (broad SMARTS) is 1. The van der Waals surface area contributed by atoms with E-state index in [1.165, 1.54) is 0 Å². The molecule has 2 atom stereocenters. The summed E-state index contributed by atoms with van der Waals surface area (Å²) in [5, 5.41) is 16.5. The highest BCUT2D eigenvalue weighted by Crippen LogP contribution is 2.23. The second-order valence-corrected chi connectivity index (χ2v) is 7.15. The Kier molecular flexibility index (Phi) is 5.29. The molecular formula is C18H24N6O3. The number of hydrogen-bond donors (Lipinski definition) is 2. The molecule has 9 heteroatoms. The van der Waals surface area contributed by atoms with Gasteiger partial charge in [0.1, 0.15) is 6.33 Å². The van der Waals surface area contributed by atoms with Gasteiger partial charge in [0.2, 0.25) is 5.95 Å². The lowest BCUT2D eigenvalue weighted by atomic mass is 9.91. The first kappa shape index (κ1) is 18.7. The molecular weight excluding hydrogens is 348 g/mol. The van der Waals surface area contributed by atoms with Crippen LogP contribution in [-0.2, 0) is 4.79 Å². The van der Waals surface area contributed by atoms with Crippen LogP contribution in [0.1, 0.15) is 13.3 Å². The van der Waals surface area contributed by atoms with Crippen LogP contribution in [0.4, 0.5) is 16.4 Å². The van der Waals surface area contributed by atoms with Gasteiger partial charge in [0.15, 0.2) is 0 Å². The van der Waals surface area contributed by atoms with E-state index in [9.17, 15) is 14.7 Å². The minimum Gasteiger partial charge on any atom is -0.481 e. The fraction of sp³-hybridized carbons (Fsp3) is 0.444. The lowest BCUT2D eigenvalue weighted by Gasteiger charge is -2.34. The molecule has 1 aliphatic rings. The SMILES string of the molecule is CC1CC(C(=O)O)CN(C(=O)Nc2cccc(-n3cnc(N(C)C)n3)c2)C1. The zero-order valence-electron chi connectivity index (χ0n) is 15.7. The number of carbonyl (C=O) groups is 2. The van der Waals surface area contributed by atoms with Crippen molar-refractivity contribution in [2.45, 2.75) is 13.3 Å². The number of urea groups is 1. The van der Waals surface area contributed by atoms with E-state index in [2.05, 4.69) is 15.4 Å². The van der Waals surface area contributed by atoms with Crippen molar-refractivity contribution in [1.82, 2.24) is 19.7 Å². The van der Waals surface area contributed by atoms with E-state index < -0.39 is 11.9 Å². The normalized spacial score (nSPS) is 19.6. The van der Waals surface area contributed by atoms with Crippen LogP contribution in [-0.4, -0.2) is 64.0 Å². The molecule has 1 fully saturated rings. The molecule has 0 saturated carbocycles. The number of carboxylic acids is 1. The molecule has 0 bridgehead atoms. The number of amides is 2. The van der Waals surface area contributed by atoms with Gasteiger partial charge in [-0.15, -0.1) is 5.10 Å². The predicted molar refractivity (Wildman–Crippen MR) is 101 cm³/mol. The second-order valence-electron chi connectivity index (χ2n) is 7.15. The Bertz CT molecular complexity index is 834. The van der Waals surface area contributed by atoms with Crippen LogP contribution in [0.25, 0.3) is 5.69 Å². The summed E-state index contributed by atoms with van der Waals surface area (Å²) < 4.78 is 1.63. The quantitative estimate of drug-likeness (QED) is 0.850. The molecule has 2 amide bonds. The van der Waals surface area contributed by atoms with E-state index in [4.69, 9.17) is 0 Å². The molecule has 0 spiro atoms. The summed E-state index contributed by atoms with van der Waals surface area (Å²) >= 11 is 0. The van der Waals surface area contributed by atoms with Gasteiger partial charge in [-0.05, 0) is 30.5 Å². The van der Waals surface area contributed by atoms with Crippen molar-refractivity contribution >= 4 is 23.6 Å². The number of rotatable bonds is 4. The first-order valence-electron chi connectivity index (χ1n) is 8.81. The summed E-state index contributed by atoms with van der Waals surface area (Å²) in [5.41, 5.74) is 1.38. The van der Waals surface area contributed by atoms with Crippen molar-refractivity contribution in [3.63, 3.8) is 0 Å². The van der Waals surface area contributed by atoms with Gasteiger partial charge in [-0.25, -0.2) is 9.48 Å². The highest BCUT2D eigenvalue weighted by atomic mass is 16.4. The highest BCUT2D eigenvalue weighted by molar-refractivity contribution is 5.90. The summed E-state index contributed by atoms with van der Waals surface area (Å²) in [7, 11) is 3.72. The molecule has 144 valence electrons. The number of nitrogens with one attached hydrogen (secondary N) is 1. The number of carbonyl (C=O) groups excluding carboxylic acids is 1. The summed E-state index contributed by atoms with van der Waals surface area (Å²) in [6, 6.07) is 6.98. The standard InChI is InChI=1S/C18H24N6O3/c1-12-7-13(16(25)26)10-23(9-12)18(27)20-14-5-4-6-15(8-14)24-11-19-17(21-24)22(2)3/h4-6,8,11-13H,7,9-10H2,1-3H3,(H,20,27)(H,25,26). The maximum absolute atomic E-state index is 12.6. The minimum atomic E-state index is -0.857. The molecule has 2 heterocycles. The lowest BCUT2D eigenvalue weighted by molar-refractivity contribution is -0.143. The van der Waals surface area contributed by atoms with Crippen molar-refractivity contribution in [2.24, 2.45) is 11.8 Å². The highest BCUT2D eigenvalue weighted by Gasteiger charge is 2.31. The third kappa shape index (κ3) is 4.36. The number of aromatic nitrogens is 3. The van der Waals surface area contributed by atoms with Gasteiger partial charge in [0.25, 0.3) is 0 Å². The Balaban J connectivity index is 1.71. The smallest absolute Gasteiger partial charge is 0.321 e. The number of piperidine rings is 1. The van der Waals surface area contributed by atoms with E-state index in [1.54, 1.807) is 32.9 Å². The van der Waals surface area contributed by atoms with E-state index in [-0.39, 0.29) is 18.5 Å². The molecule has 1 saturated heterocycles. The fourth-order valence-corrected chi connectivity index (χ4v) is 3.21. The summed E-state index contributed by atoms with van der Waals surface area (Å²) in [6.45, 7) is 2.73. The van der Waals surface area contributed by atoms with Crippen LogP contribution in [0.5, 0.6) is 0 Å². The van der Waals surface area contributed by atoms with Gasteiger partial charge in [-0.2, -0.15) is 4.98 Å². The predicted octanol–water partition coefficient (Wildman–Crippen LogP) is 1.91. The Hall–Kier alpha value is -3.10. The van der Waals surface area contributed by atoms with Gasteiger partial charge in [-0.3, -0.25) is 4.79 Å². The number of anilines is 2.